The van der Waals surface area contributed by atoms with E-state index in [0.29, 0.717) is 45.6 Å². The van der Waals surface area contributed by atoms with Crippen LogP contribution in [-0.4, -0.2) is 64.6 Å². The highest BCUT2D eigenvalue weighted by Gasteiger charge is 2.20. The molecule has 0 heterocycles. The van der Waals surface area contributed by atoms with Gasteiger partial charge in [0.25, 0.3) is 0 Å². The molecule has 0 bridgehead atoms. The van der Waals surface area contributed by atoms with Gasteiger partial charge >= 0.3 is 0 Å². The van der Waals surface area contributed by atoms with Crippen molar-refractivity contribution < 1.29 is 45.3 Å². The summed E-state index contributed by atoms with van der Waals surface area (Å²) in [5, 5.41) is -1.21. The molecule has 0 fully saturated rings. The van der Waals surface area contributed by atoms with E-state index in [-0.39, 0.29) is 0 Å². The smallest absolute Gasteiger partial charge is 0.248 e. The highest BCUT2D eigenvalue weighted by molar-refractivity contribution is 8.06. The van der Waals surface area contributed by atoms with E-state index in [4.69, 9.17) is 28.4 Å². The molecule has 12 nitrogen and oxygen atoms in total. The molecule has 2 aromatic carbocycles. The lowest BCUT2D eigenvalue weighted by Crippen LogP contribution is -2.32. The van der Waals surface area contributed by atoms with E-state index in [2.05, 4.69) is 9.44 Å². The van der Waals surface area contributed by atoms with E-state index in [0.717, 1.165) is 12.4 Å². The largest absolute Gasteiger partial charge is 0.493 e. The minimum atomic E-state index is -4.24. The fourth-order valence-electron chi connectivity index (χ4n) is 3.14. The van der Waals surface area contributed by atoms with Gasteiger partial charge in [-0.15, -0.1) is 0 Å². The van der Waals surface area contributed by atoms with Gasteiger partial charge in [-0.2, -0.15) is 0 Å². The Morgan fingerprint density at radius 3 is 1.11 bits per heavy atom. The van der Waals surface area contributed by atoms with Crippen LogP contribution < -0.4 is 37.9 Å². The summed E-state index contributed by atoms with van der Waals surface area (Å²) >= 11 is 0. The average molecular weight is 559 g/mol. The van der Waals surface area contributed by atoms with Crippen molar-refractivity contribution in [1.29, 1.82) is 0 Å². The van der Waals surface area contributed by atoms with Crippen molar-refractivity contribution >= 4 is 32.2 Å². The van der Waals surface area contributed by atoms with E-state index in [1.54, 1.807) is 24.3 Å². The predicted molar refractivity (Wildman–Crippen MR) is 139 cm³/mol. The molecular weight excluding hydrogens is 528 g/mol. The highest BCUT2D eigenvalue weighted by Crippen LogP contribution is 2.39. The van der Waals surface area contributed by atoms with Crippen molar-refractivity contribution in [3.8, 4) is 34.5 Å². The second-order valence-corrected chi connectivity index (χ2v) is 11.0. The van der Waals surface area contributed by atoms with Gasteiger partial charge in [-0.05, 0) is 47.5 Å². The molecule has 2 aromatic rings. The number of nitrogens with one attached hydrogen (secondary N) is 2. The second-order valence-electron chi connectivity index (χ2n) is 7.17. The first-order valence-electron chi connectivity index (χ1n) is 10.5. The summed E-state index contributed by atoms with van der Waals surface area (Å²) < 4.78 is 85.0. The third-order valence-electron chi connectivity index (χ3n) is 4.73. The van der Waals surface area contributed by atoms with Gasteiger partial charge in [-0.3, -0.25) is 9.44 Å². The third-order valence-corrected chi connectivity index (χ3v) is 8.20. The Labute approximate surface area is 216 Å². The van der Waals surface area contributed by atoms with Gasteiger partial charge in [0.15, 0.2) is 28.1 Å². The van der Waals surface area contributed by atoms with Crippen LogP contribution >= 0.6 is 0 Å². The molecule has 204 valence electrons. The Balaban J connectivity index is 2.09. The van der Waals surface area contributed by atoms with E-state index >= 15 is 0 Å². The van der Waals surface area contributed by atoms with E-state index < -0.39 is 25.1 Å². The number of ether oxygens (including phenoxy) is 6. The minimum absolute atomic E-state index is 0.370. The molecule has 0 saturated heterocycles. The number of hydrogen-bond donors (Lipinski definition) is 2. The van der Waals surface area contributed by atoms with Gasteiger partial charge in [-0.25, -0.2) is 16.8 Å². The van der Waals surface area contributed by atoms with Crippen LogP contribution in [0.3, 0.4) is 0 Å². The van der Waals surface area contributed by atoms with Gasteiger partial charge in [0.2, 0.25) is 31.5 Å². The first-order valence-corrected chi connectivity index (χ1v) is 13.8. The number of sulfonamides is 2. The quantitative estimate of drug-likeness (QED) is 0.353. The summed E-state index contributed by atoms with van der Waals surface area (Å²) in [6.07, 6.45) is 5.01. The number of benzene rings is 2. The summed E-state index contributed by atoms with van der Waals surface area (Å²) in [5.41, 5.74) is 1.04. The van der Waals surface area contributed by atoms with Gasteiger partial charge in [0, 0.05) is 12.4 Å². The number of rotatable bonds is 14. The number of methoxy groups -OCH3 is 6. The Morgan fingerprint density at radius 1 is 0.568 bits per heavy atom. The van der Waals surface area contributed by atoms with Crippen LogP contribution in [0.4, 0.5) is 0 Å². The lowest BCUT2D eigenvalue weighted by atomic mass is 10.2. The Morgan fingerprint density at radius 2 is 0.865 bits per heavy atom. The lowest BCUT2D eigenvalue weighted by molar-refractivity contribution is 0.324. The molecule has 0 atom stereocenters. The standard InChI is InChI=1S/C23H30N2O10S2/c1-30-18-11-16(12-19(31-2)22(18)34-5)7-9-24-36(26,27)15-37(28,29)25-10-8-17-13-20(32-3)23(35-6)21(14-17)33-4/h7-14,24-25H,15H2,1-6H3/b9-7+,10-8+. The molecule has 0 unspecified atom stereocenters. The Kier molecular flexibility index (Phi) is 10.3. The molecule has 0 amide bonds. The molecule has 0 aliphatic carbocycles. The predicted octanol–water partition coefficient (Wildman–Crippen LogP) is 2.18. The summed E-state index contributed by atoms with van der Waals surface area (Å²) in [6, 6.07) is 6.38. The topological polar surface area (TPSA) is 148 Å². The molecule has 2 N–H and O–H groups in total. The zero-order valence-corrected chi connectivity index (χ0v) is 22.9. The summed E-state index contributed by atoms with van der Waals surface area (Å²) in [7, 11) is 0.209. The highest BCUT2D eigenvalue weighted by atomic mass is 32.3. The van der Waals surface area contributed by atoms with E-state index in [1.165, 1.54) is 54.8 Å². The van der Waals surface area contributed by atoms with Crippen molar-refractivity contribution in [2.45, 2.75) is 0 Å². The molecule has 0 radical (unpaired) electrons. The molecule has 0 aromatic heterocycles. The van der Waals surface area contributed by atoms with Crippen LogP contribution in [0, 0.1) is 0 Å². The maximum atomic E-state index is 12.3. The van der Waals surface area contributed by atoms with E-state index in [9.17, 15) is 16.8 Å². The first-order chi connectivity index (χ1) is 17.5. The van der Waals surface area contributed by atoms with Crippen LogP contribution in [0.5, 0.6) is 34.5 Å². The zero-order valence-electron chi connectivity index (χ0n) is 21.2. The van der Waals surface area contributed by atoms with Crippen molar-refractivity contribution in [1.82, 2.24) is 9.44 Å². The first kappa shape index (κ1) is 29.5. The van der Waals surface area contributed by atoms with Crippen molar-refractivity contribution in [2.24, 2.45) is 0 Å². The van der Waals surface area contributed by atoms with Crippen LogP contribution in [0.15, 0.2) is 36.7 Å². The van der Waals surface area contributed by atoms with Crippen molar-refractivity contribution in [3.05, 3.63) is 47.8 Å². The number of hydrogen-bond acceptors (Lipinski definition) is 10. The lowest BCUT2D eigenvalue weighted by Gasteiger charge is -2.13. The average Bonchev–Trinajstić information content (AvgIpc) is 2.86. The third kappa shape index (κ3) is 8.11. The molecule has 0 aliphatic heterocycles. The monoisotopic (exact) mass is 558 g/mol. The molecule has 0 saturated carbocycles. The summed E-state index contributed by atoms with van der Waals surface area (Å²) in [4.78, 5) is 0. The summed E-state index contributed by atoms with van der Waals surface area (Å²) in [5.74, 6) is 2.23. The Hall–Kier alpha value is -3.78. The normalized spacial score (nSPS) is 11.8. The molecule has 37 heavy (non-hydrogen) atoms. The van der Waals surface area contributed by atoms with Crippen molar-refractivity contribution in [3.63, 3.8) is 0 Å². The van der Waals surface area contributed by atoms with Gasteiger partial charge < -0.3 is 28.4 Å². The maximum Gasteiger partial charge on any atom is 0.248 e. The fraction of sp³-hybridized carbons (Fsp3) is 0.304. The van der Waals surface area contributed by atoms with Crippen molar-refractivity contribution in [2.75, 3.05) is 47.7 Å². The molecule has 14 heteroatoms. The van der Waals surface area contributed by atoms with Gasteiger partial charge in [0.05, 0.1) is 42.7 Å². The van der Waals surface area contributed by atoms with Crippen LogP contribution in [0.25, 0.3) is 12.2 Å². The van der Waals surface area contributed by atoms with Crippen LogP contribution in [0.1, 0.15) is 11.1 Å². The fourth-order valence-corrected chi connectivity index (χ4v) is 5.86. The van der Waals surface area contributed by atoms with Gasteiger partial charge in [-0.1, -0.05) is 0 Å². The zero-order chi connectivity index (χ0) is 27.6. The SMILES string of the molecule is COc1cc(/C=C/NS(=O)(=O)CS(=O)(=O)N/C=C/c2cc(OC)c(OC)c(OC)c2)cc(OC)c1OC. The molecular formula is C23H30N2O10S2. The molecule has 2 rings (SSSR count). The van der Waals surface area contributed by atoms with Crippen LogP contribution in [-0.2, 0) is 20.0 Å². The van der Waals surface area contributed by atoms with Crippen LogP contribution in [0.2, 0.25) is 0 Å². The minimum Gasteiger partial charge on any atom is -0.493 e. The maximum absolute atomic E-state index is 12.3. The molecule has 0 aliphatic rings. The summed E-state index contributed by atoms with van der Waals surface area (Å²) in [6.45, 7) is 0. The second kappa shape index (κ2) is 13.0. The van der Waals surface area contributed by atoms with Gasteiger partial charge in [0.1, 0.15) is 0 Å². The Bertz CT molecular complexity index is 1200. The van der Waals surface area contributed by atoms with E-state index in [1.807, 2.05) is 0 Å². The molecule has 0 spiro atoms.